The summed E-state index contributed by atoms with van der Waals surface area (Å²) < 4.78 is 6.50. The van der Waals surface area contributed by atoms with Crippen LogP contribution in [0.2, 0.25) is 5.02 Å². The van der Waals surface area contributed by atoms with Gasteiger partial charge in [0.1, 0.15) is 12.2 Å². The molecule has 1 N–H and O–H groups in total. The number of aromatic carboxylic acids is 1. The van der Waals surface area contributed by atoms with Crippen LogP contribution in [0.4, 0.5) is 0 Å². The summed E-state index contributed by atoms with van der Waals surface area (Å²) in [6, 6.07) is 12.2. The van der Waals surface area contributed by atoms with Gasteiger partial charge in [0.2, 0.25) is 0 Å². The predicted octanol–water partition coefficient (Wildman–Crippen LogP) is 4.38. The molecule has 0 fully saturated rings. The lowest BCUT2D eigenvalue weighted by Crippen LogP contribution is -2.03. The van der Waals surface area contributed by atoms with Gasteiger partial charge in [0.25, 0.3) is 0 Å². The van der Waals surface area contributed by atoms with Crippen molar-refractivity contribution in [3.63, 3.8) is 0 Å². The summed E-state index contributed by atoms with van der Waals surface area (Å²) in [5.74, 6) is -0.868. The second-order valence-corrected chi connectivity index (χ2v) is 5.16. The van der Waals surface area contributed by atoms with Crippen LogP contribution in [0, 0.1) is 0 Å². The second-order valence-electron chi connectivity index (χ2n) is 3.84. The number of halogens is 2. The summed E-state index contributed by atoms with van der Waals surface area (Å²) in [5, 5.41) is 9.37. The maximum absolute atomic E-state index is 11.1. The lowest BCUT2D eigenvalue weighted by atomic mass is 10.2. The van der Waals surface area contributed by atoms with Gasteiger partial charge in [0, 0.05) is 4.47 Å². The van der Waals surface area contributed by atoms with E-state index in [4.69, 9.17) is 21.4 Å². The third kappa shape index (κ3) is 3.49. The van der Waals surface area contributed by atoms with Crippen LogP contribution in [0.15, 0.2) is 46.9 Å². The van der Waals surface area contributed by atoms with Crippen LogP contribution in [-0.2, 0) is 6.61 Å². The number of carboxylic acid groups (broad SMARTS) is 1. The molecule has 0 bridgehead atoms. The predicted molar refractivity (Wildman–Crippen MR) is 76.9 cm³/mol. The van der Waals surface area contributed by atoms with Crippen LogP contribution in [0.1, 0.15) is 15.9 Å². The van der Waals surface area contributed by atoms with Crippen molar-refractivity contribution >= 4 is 33.5 Å². The molecule has 0 unspecified atom stereocenters. The van der Waals surface area contributed by atoms with Crippen molar-refractivity contribution in [1.29, 1.82) is 0 Å². The van der Waals surface area contributed by atoms with E-state index < -0.39 is 5.97 Å². The molecule has 0 saturated carbocycles. The monoisotopic (exact) mass is 340 g/mol. The molecule has 5 heteroatoms. The summed E-state index contributed by atoms with van der Waals surface area (Å²) in [5.41, 5.74) is 0.990. The first-order chi connectivity index (χ1) is 9.08. The quantitative estimate of drug-likeness (QED) is 0.897. The molecule has 0 amide bonds. The molecule has 19 heavy (non-hydrogen) atoms. The van der Waals surface area contributed by atoms with E-state index in [9.17, 15) is 4.79 Å². The lowest BCUT2D eigenvalue weighted by molar-refractivity contribution is 0.0692. The molecule has 0 atom stereocenters. The fraction of sp³-hybridized carbons (Fsp3) is 0.0714. The number of para-hydroxylation sites is 1. The van der Waals surface area contributed by atoms with Gasteiger partial charge in [0.05, 0.1) is 5.02 Å². The Kier molecular flexibility index (Phi) is 4.45. The van der Waals surface area contributed by atoms with Gasteiger partial charge >= 0.3 is 5.97 Å². The van der Waals surface area contributed by atoms with Gasteiger partial charge in [0.15, 0.2) is 5.75 Å². The minimum atomic E-state index is -1.06. The number of carbonyl (C=O) groups is 1. The highest BCUT2D eigenvalue weighted by Gasteiger charge is 2.14. The average molecular weight is 342 g/mol. The zero-order valence-corrected chi connectivity index (χ0v) is 12.1. The smallest absolute Gasteiger partial charge is 0.339 e. The van der Waals surface area contributed by atoms with E-state index in [1.165, 1.54) is 6.07 Å². The van der Waals surface area contributed by atoms with Gasteiger partial charge in [-0.15, -0.1) is 0 Å². The van der Waals surface area contributed by atoms with E-state index in [-0.39, 0.29) is 22.9 Å². The zero-order chi connectivity index (χ0) is 13.8. The molecule has 0 aliphatic rings. The van der Waals surface area contributed by atoms with Crippen LogP contribution in [0.3, 0.4) is 0 Å². The van der Waals surface area contributed by atoms with Gasteiger partial charge in [-0.25, -0.2) is 4.79 Å². The molecule has 3 nitrogen and oxygen atoms in total. The maximum Gasteiger partial charge on any atom is 0.339 e. The first kappa shape index (κ1) is 13.9. The van der Waals surface area contributed by atoms with E-state index >= 15 is 0 Å². The topological polar surface area (TPSA) is 46.5 Å². The molecule has 0 saturated heterocycles. The zero-order valence-electron chi connectivity index (χ0n) is 9.77. The number of benzene rings is 2. The van der Waals surface area contributed by atoms with Crippen molar-refractivity contribution in [2.45, 2.75) is 6.61 Å². The van der Waals surface area contributed by atoms with Crippen molar-refractivity contribution < 1.29 is 14.6 Å². The molecule has 0 aliphatic heterocycles. The standard InChI is InChI=1S/C14H10BrClO3/c15-10-6-4-9(5-7-10)8-19-13-11(14(17)18)2-1-3-12(13)16/h1-7H,8H2,(H,17,18). The Morgan fingerprint density at radius 2 is 1.89 bits per heavy atom. The molecular formula is C14H10BrClO3. The number of rotatable bonds is 4. The molecule has 2 aromatic rings. The normalized spacial score (nSPS) is 10.2. The van der Waals surface area contributed by atoms with E-state index in [2.05, 4.69) is 15.9 Å². The van der Waals surface area contributed by atoms with Gasteiger partial charge < -0.3 is 9.84 Å². The maximum atomic E-state index is 11.1. The highest BCUT2D eigenvalue weighted by Crippen LogP contribution is 2.29. The van der Waals surface area contributed by atoms with E-state index in [1.807, 2.05) is 24.3 Å². The van der Waals surface area contributed by atoms with E-state index in [0.717, 1.165) is 10.0 Å². The van der Waals surface area contributed by atoms with Crippen molar-refractivity contribution in [1.82, 2.24) is 0 Å². The first-order valence-electron chi connectivity index (χ1n) is 5.47. The van der Waals surface area contributed by atoms with Crippen molar-refractivity contribution in [3.8, 4) is 5.75 Å². The third-order valence-corrected chi connectivity index (χ3v) is 3.32. The molecule has 0 radical (unpaired) electrons. The Morgan fingerprint density at radius 3 is 2.53 bits per heavy atom. The Hall–Kier alpha value is -1.52. The van der Waals surface area contributed by atoms with Crippen LogP contribution in [0.5, 0.6) is 5.75 Å². The van der Waals surface area contributed by atoms with Gasteiger partial charge in [-0.2, -0.15) is 0 Å². The SMILES string of the molecule is O=C(O)c1cccc(Cl)c1OCc1ccc(Br)cc1. The fourth-order valence-electron chi connectivity index (χ4n) is 1.56. The van der Waals surface area contributed by atoms with E-state index in [0.29, 0.717) is 0 Å². The molecule has 0 aliphatic carbocycles. The van der Waals surface area contributed by atoms with Crippen LogP contribution in [-0.4, -0.2) is 11.1 Å². The molecule has 98 valence electrons. The summed E-state index contributed by atoms with van der Waals surface area (Å²) >= 11 is 9.31. The van der Waals surface area contributed by atoms with Gasteiger partial charge in [-0.3, -0.25) is 0 Å². The Balaban J connectivity index is 2.19. The Morgan fingerprint density at radius 1 is 1.21 bits per heavy atom. The molecule has 2 aromatic carbocycles. The van der Waals surface area contributed by atoms with Crippen molar-refractivity contribution in [2.24, 2.45) is 0 Å². The van der Waals surface area contributed by atoms with Crippen LogP contribution >= 0.6 is 27.5 Å². The van der Waals surface area contributed by atoms with Crippen LogP contribution in [0.25, 0.3) is 0 Å². The third-order valence-electron chi connectivity index (χ3n) is 2.49. The summed E-state index contributed by atoms with van der Waals surface area (Å²) in [7, 11) is 0. The summed E-state index contributed by atoms with van der Waals surface area (Å²) in [4.78, 5) is 11.1. The van der Waals surface area contributed by atoms with Gasteiger partial charge in [-0.05, 0) is 29.8 Å². The largest absolute Gasteiger partial charge is 0.486 e. The minimum absolute atomic E-state index is 0.0598. The highest BCUT2D eigenvalue weighted by molar-refractivity contribution is 9.10. The molecule has 0 heterocycles. The van der Waals surface area contributed by atoms with Gasteiger partial charge in [-0.1, -0.05) is 45.7 Å². The summed E-state index contributed by atoms with van der Waals surface area (Å²) in [6.45, 7) is 0.261. The second kappa shape index (κ2) is 6.08. The molecule has 2 rings (SSSR count). The summed E-state index contributed by atoms with van der Waals surface area (Å²) in [6.07, 6.45) is 0. The van der Waals surface area contributed by atoms with Crippen molar-refractivity contribution in [3.05, 3.63) is 63.1 Å². The minimum Gasteiger partial charge on any atom is -0.486 e. The number of ether oxygens (including phenoxy) is 1. The number of hydrogen-bond donors (Lipinski definition) is 1. The van der Waals surface area contributed by atoms with Crippen molar-refractivity contribution in [2.75, 3.05) is 0 Å². The Labute approximate surface area is 123 Å². The van der Waals surface area contributed by atoms with E-state index in [1.54, 1.807) is 12.1 Å². The lowest BCUT2D eigenvalue weighted by Gasteiger charge is -2.10. The molecular weight excluding hydrogens is 332 g/mol. The van der Waals surface area contributed by atoms with Crippen LogP contribution < -0.4 is 4.74 Å². The Bertz CT molecular complexity index is 596. The average Bonchev–Trinajstić information content (AvgIpc) is 2.39. The fourth-order valence-corrected chi connectivity index (χ4v) is 2.05. The number of carboxylic acids is 1. The number of hydrogen-bond acceptors (Lipinski definition) is 2. The highest BCUT2D eigenvalue weighted by atomic mass is 79.9. The molecule has 0 aromatic heterocycles. The molecule has 0 spiro atoms. The first-order valence-corrected chi connectivity index (χ1v) is 6.64.